The summed E-state index contributed by atoms with van der Waals surface area (Å²) in [6.45, 7) is 4.99. The van der Waals surface area contributed by atoms with Crippen molar-refractivity contribution in [2.24, 2.45) is 0 Å². The fraction of sp³-hybridized carbons (Fsp3) is 0.429. The first-order chi connectivity index (χ1) is 14.6. The molecule has 0 radical (unpaired) electrons. The summed E-state index contributed by atoms with van der Waals surface area (Å²) in [6, 6.07) is 3.69. The van der Waals surface area contributed by atoms with Crippen LogP contribution >= 0.6 is 0 Å². The van der Waals surface area contributed by atoms with Crippen LogP contribution in [0.25, 0.3) is 22.2 Å². The van der Waals surface area contributed by atoms with Crippen LogP contribution in [0.5, 0.6) is 0 Å². The second kappa shape index (κ2) is 8.76. The normalized spacial score (nSPS) is 17.2. The van der Waals surface area contributed by atoms with Gasteiger partial charge in [0.1, 0.15) is 6.10 Å². The molecule has 3 aromatic rings. The Balaban J connectivity index is 1.74. The lowest BCUT2D eigenvalue weighted by atomic mass is 9.99. The van der Waals surface area contributed by atoms with Gasteiger partial charge >= 0.3 is 6.03 Å². The number of fused-ring (bicyclic) bond motifs is 1. The summed E-state index contributed by atoms with van der Waals surface area (Å²) in [6.07, 6.45) is 5.19. The van der Waals surface area contributed by atoms with E-state index in [2.05, 4.69) is 30.6 Å². The maximum absolute atomic E-state index is 11.9. The fourth-order valence-electron chi connectivity index (χ4n) is 3.59. The zero-order valence-corrected chi connectivity index (χ0v) is 17.1. The monoisotopic (exact) mass is 410 g/mol. The van der Waals surface area contributed by atoms with Crippen LogP contribution in [0.3, 0.4) is 0 Å². The number of nitrogens with one attached hydrogen (secondary N) is 3. The molecule has 0 bridgehead atoms. The number of nitrogens with zero attached hydrogens (tertiary/aromatic N) is 3. The van der Waals surface area contributed by atoms with E-state index in [1.165, 1.54) is 0 Å². The summed E-state index contributed by atoms with van der Waals surface area (Å²) >= 11 is 0. The Bertz CT molecular complexity index is 1030. The predicted molar refractivity (Wildman–Crippen MR) is 113 cm³/mol. The Kier molecular flexibility index (Phi) is 5.91. The van der Waals surface area contributed by atoms with E-state index in [4.69, 9.17) is 4.74 Å². The molecule has 3 heterocycles. The Morgan fingerprint density at radius 3 is 2.77 bits per heavy atom. The van der Waals surface area contributed by atoms with E-state index in [9.17, 15) is 9.90 Å². The van der Waals surface area contributed by atoms with E-state index in [0.717, 1.165) is 47.2 Å². The number of ether oxygens (including phenoxy) is 1. The number of aromatic amines is 1. The number of aromatic nitrogens is 4. The molecule has 4 N–H and O–H groups in total. The highest BCUT2D eigenvalue weighted by Gasteiger charge is 2.23. The highest BCUT2D eigenvalue weighted by molar-refractivity contribution is 5.92. The number of benzene rings is 1. The number of aliphatic hydroxyl groups is 1. The van der Waals surface area contributed by atoms with Crippen LogP contribution in [0.1, 0.15) is 56.7 Å². The number of urea groups is 1. The van der Waals surface area contributed by atoms with E-state index in [-0.39, 0.29) is 12.1 Å². The SMILES string of the molecule is CCNC(=O)Nc1nc2c(C3CCCO3)cc(-c3cnc(C(O)CC)nc3)cc2[nH]1. The van der Waals surface area contributed by atoms with Crippen LogP contribution < -0.4 is 10.6 Å². The largest absolute Gasteiger partial charge is 0.385 e. The minimum absolute atomic E-state index is 0.0461. The molecule has 0 spiro atoms. The lowest BCUT2D eigenvalue weighted by molar-refractivity contribution is 0.113. The van der Waals surface area contributed by atoms with Gasteiger partial charge in [-0.1, -0.05) is 6.92 Å². The van der Waals surface area contributed by atoms with Crippen LogP contribution in [0.15, 0.2) is 24.5 Å². The maximum Gasteiger partial charge on any atom is 0.321 e. The Hall–Kier alpha value is -3.04. The third kappa shape index (κ3) is 4.12. The van der Waals surface area contributed by atoms with Gasteiger partial charge in [0, 0.05) is 36.7 Å². The van der Waals surface area contributed by atoms with Crippen molar-refractivity contribution in [2.75, 3.05) is 18.5 Å². The number of carbonyl (C=O) groups excluding carboxylic acids is 1. The summed E-state index contributed by atoms with van der Waals surface area (Å²) in [5.74, 6) is 0.793. The number of imidazole rings is 1. The predicted octanol–water partition coefficient (Wildman–Crippen LogP) is 3.46. The van der Waals surface area contributed by atoms with Gasteiger partial charge in [-0.05, 0) is 43.9 Å². The van der Waals surface area contributed by atoms with Gasteiger partial charge < -0.3 is 20.1 Å². The van der Waals surface area contributed by atoms with Crippen molar-refractivity contribution in [2.45, 2.75) is 45.3 Å². The van der Waals surface area contributed by atoms with Crippen molar-refractivity contribution in [1.82, 2.24) is 25.3 Å². The van der Waals surface area contributed by atoms with Gasteiger partial charge in [0.25, 0.3) is 0 Å². The van der Waals surface area contributed by atoms with Crippen LogP contribution in [0, 0.1) is 0 Å². The Morgan fingerprint density at radius 2 is 2.10 bits per heavy atom. The third-order valence-electron chi connectivity index (χ3n) is 5.15. The van der Waals surface area contributed by atoms with Crippen molar-refractivity contribution in [3.8, 4) is 11.1 Å². The van der Waals surface area contributed by atoms with Crippen molar-refractivity contribution in [3.05, 3.63) is 35.9 Å². The quantitative estimate of drug-likeness (QED) is 0.493. The third-order valence-corrected chi connectivity index (χ3v) is 5.15. The molecule has 9 nitrogen and oxygen atoms in total. The molecule has 2 aromatic heterocycles. The molecule has 2 amide bonds. The van der Waals surface area contributed by atoms with E-state index >= 15 is 0 Å². The van der Waals surface area contributed by atoms with Gasteiger partial charge in [-0.2, -0.15) is 0 Å². The molecule has 158 valence electrons. The first-order valence-electron chi connectivity index (χ1n) is 10.3. The van der Waals surface area contributed by atoms with Crippen molar-refractivity contribution in [3.63, 3.8) is 0 Å². The lowest BCUT2D eigenvalue weighted by Gasteiger charge is -2.13. The average molecular weight is 410 g/mol. The molecule has 1 aromatic carbocycles. The second-order valence-electron chi connectivity index (χ2n) is 7.29. The van der Waals surface area contributed by atoms with Gasteiger partial charge in [0.15, 0.2) is 5.82 Å². The van der Waals surface area contributed by atoms with E-state index in [1.807, 2.05) is 26.0 Å². The topological polar surface area (TPSA) is 125 Å². The Morgan fingerprint density at radius 1 is 1.30 bits per heavy atom. The van der Waals surface area contributed by atoms with Gasteiger partial charge in [-0.15, -0.1) is 0 Å². The fourth-order valence-corrected chi connectivity index (χ4v) is 3.59. The molecule has 1 fully saturated rings. The number of amides is 2. The molecule has 9 heteroatoms. The summed E-state index contributed by atoms with van der Waals surface area (Å²) in [5, 5.41) is 15.4. The van der Waals surface area contributed by atoms with E-state index in [1.54, 1.807) is 12.4 Å². The highest BCUT2D eigenvalue weighted by Crippen LogP contribution is 2.36. The highest BCUT2D eigenvalue weighted by atomic mass is 16.5. The standard InChI is InChI=1S/C21H26N6O3/c1-3-16(28)19-23-10-13(11-24-19)12-8-14(17-6-5-7-30-17)18-15(9-12)25-20(26-18)27-21(29)22-4-2/h8-11,16-17,28H,3-7H2,1-2H3,(H3,22,25,26,27,29). The molecule has 1 aliphatic rings. The average Bonchev–Trinajstić information content (AvgIpc) is 3.42. The molecule has 2 atom stereocenters. The number of aliphatic hydroxyl groups excluding tert-OH is 1. The van der Waals surface area contributed by atoms with Crippen LogP contribution in [-0.2, 0) is 4.74 Å². The van der Waals surface area contributed by atoms with E-state index < -0.39 is 6.10 Å². The summed E-state index contributed by atoms with van der Waals surface area (Å²) < 4.78 is 5.91. The molecular formula is C21H26N6O3. The van der Waals surface area contributed by atoms with Crippen LogP contribution in [0.2, 0.25) is 0 Å². The molecule has 0 saturated carbocycles. The molecule has 1 aliphatic heterocycles. The van der Waals surface area contributed by atoms with Gasteiger partial charge in [0.2, 0.25) is 5.95 Å². The van der Waals surface area contributed by atoms with E-state index in [0.29, 0.717) is 24.7 Å². The van der Waals surface area contributed by atoms with Crippen LogP contribution in [-0.4, -0.2) is 44.2 Å². The van der Waals surface area contributed by atoms with Gasteiger partial charge in [-0.3, -0.25) is 5.32 Å². The zero-order chi connectivity index (χ0) is 21.1. The molecule has 4 rings (SSSR count). The first-order valence-corrected chi connectivity index (χ1v) is 10.3. The summed E-state index contributed by atoms with van der Waals surface area (Å²) in [4.78, 5) is 28.3. The number of H-pyrrole nitrogens is 1. The van der Waals surface area contributed by atoms with Crippen molar-refractivity contribution < 1.29 is 14.6 Å². The maximum atomic E-state index is 11.9. The lowest BCUT2D eigenvalue weighted by Crippen LogP contribution is -2.28. The number of carbonyl (C=O) groups is 1. The number of rotatable bonds is 6. The van der Waals surface area contributed by atoms with Crippen molar-refractivity contribution >= 4 is 23.0 Å². The molecular weight excluding hydrogens is 384 g/mol. The molecule has 2 unspecified atom stereocenters. The van der Waals surface area contributed by atoms with Gasteiger partial charge in [-0.25, -0.2) is 19.7 Å². The second-order valence-corrected chi connectivity index (χ2v) is 7.29. The number of hydrogen-bond acceptors (Lipinski definition) is 6. The number of hydrogen-bond donors (Lipinski definition) is 4. The number of anilines is 1. The summed E-state index contributed by atoms with van der Waals surface area (Å²) in [7, 11) is 0. The minimum Gasteiger partial charge on any atom is -0.385 e. The van der Waals surface area contributed by atoms with Crippen molar-refractivity contribution in [1.29, 1.82) is 0 Å². The molecule has 1 saturated heterocycles. The van der Waals surface area contributed by atoms with Crippen LogP contribution in [0.4, 0.5) is 10.7 Å². The summed E-state index contributed by atoms with van der Waals surface area (Å²) in [5.41, 5.74) is 4.28. The first kappa shape index (κ1) is 20.2. The zero-order valence-electron chi connectivity index (χ0n) is 17.1. The molecule has 30 heavy (non-hydrogen) atoms. The minimum atomic E-state index is -0.667. The Labute approximate surface area is 174 Å². The molecule has 0 aliphatic carbocycles. The smallest absolute Gasteiger partial charge is 0.321 e. The van der Waals surface area contributed by atoms with Gasteiger partial charge in [0.05, 0.1) is 17.1 Å².